The molecule has 0 radical (unpaired) electrons. The van der Waals surface area contributed by atoms with Crippen LogP contribution in [0.15, 0.2) is 36.0 Å². The fourth-order valence-electron chi connectivity index (χ4n) is 2.37. The number of carbonyl (C=O) groups excluding carboxylic acids is 2. The number of hydrogen-bond acceptors (Lipinski definition) is 6. The zero-order valence-electron chi connectivity index (χ0n) is 15.6. The van der Waals surface area contributed by atoms with Crippen molar-refractivity contribution in [2.45, 2.75) is 27.7 Å². The Hall–Kier alpha value is -2.93. The van der Waals surface area contributed by atoms with E-state index in [9.17, 15) is 19.5 Å². The average molecular weight is 387 g/mol. The summed E-state index contributed by atoms with van der Waals surface area (Å²) in [5.41, 5.74) is 2.07. The van der Waals surface area contributed by atoms with Crippen LogP contribution in [0.2, 0.25) is 0 Å². The molecule has 27 heavy (non-hydrogen) atoms. The highest BCUT2D eigenvalue weighted by atomic mass is 32.1. The third-order valence-electron chi connectivity index (χ3n) is 3.95. The van der Waals surface area contributed by atoms with Crippen LogP contribution in [-0.4, -0.2) is 29.4 Å². The molecule has 0 saturated carbocycles. The van der Waals surface area contributed by atoms with Gasteiger partial charge in [0.1, 0.15) is 10.7 Å². The lowest BCUT2D eigenvalue weighted by atomic mass is 10.1. The van der Waals surface area contributed by atoms with Gasteiger partial charge >= 0.3 is 11.9 Å². The number of anilines is 1. The van der Waals surface area contributed by atoms with E-state index in [1.165, 1.54) is 11.3 Å². The van der Waals surface area contributed by atoms with E-state index in [0.717, 1.165) is 22.1 Å². The van der Waals surface area contributed by atoms with E-state index in [2.05, 4.69) is 5.32 Å². The number of aliphatic carboxylic acids is 1. The Morgan fingerprint density at radius 3 is 2.33 bits per heavy atom. The number of carboxylic acids is 1. The first-order valence-corrected chi connectivity index (χ1v) is 9.16. The standard InChI is InChI=1S/C20H21NO5S/c1-5-26-20(25)17-12(3)13(4)27-18(17)21-15(19(23)24)10-16(22)14-8-6-11(2)7-9-14/h6-10,21H,5H2,1-4H3,(H,23,24). The molecule has 142 valence electrons. The summed E-state index contributed by atoms with van der Waals surface area (Å²) in [4.78, 5) is 37.1. The first kappa shape index (κ1) is 20.4. The number of aryl methyl sites for hydroxylation is 2. The lowest BCUT2D eigenvalue weighted by Crippen LogP contribution is -2.15. The van der Waals surface area contributed by atoms with Crippen LogP contribution in [0.1, 0.15) is 43.6 Å². The van der Waals surface area contributed by atoms with Crippen molar-refractivity contribution in [3.05, 3.63) is 63.2 Å². The molecule has 7 heteroatoms. The molecule has 0 bridgehead atoms. The predicted molar refractivity (Wildman–Crippen MR) is 105 cm³/mol. The zero-order valence-corrected chi connectivity index (χ0v) is 16.4. The normalized spacial score (nSPS) is 11.2. The highest BCUT2D eigenvalue weighted by molar-refractivity contribution is 7.16. The maximum absolute atomic E-state index is 12.4. The van der Waals surface area contributed by atoms with Crippen molar-refractivity contribution in [3.8, 4) is 0 Å². The number of rotatable bonds is 7. The molecule has 0 amide bonds. The molecule has 0 fully saturated rings. The Balaban J connectivity index is 2.38. The highest BCUT2D eigenvalue weighted by Crippen LogP contribution is 2.34. The van der Waals surface area contributed by atoms with E-state index >= 15 is 0 Å². The number of ketones is 1. The van der Waals surface area contributed by atoms with Crippen molar-refractivity contribution < 1.29 is 24.2 Å². The van der Waals surface area contributed by atoms with Gasteiger partial charge in [-0.05, 0) is 33.3 Å². The van der Waals surface area contributed by atoms with E-state index in [-0.39, 0.29) is 17.9 Å². The average Bonchev–Trinajstić information content (AvgIpc) is 2.89. The predicted octanol–water partition coefficient (Wildman–Crippen LogP) is 4.11. The molecule has 0 aliphatic heterocycles. The van der Waals surface area contributed by atoms with Crippen LogP contribution in [0.3, 0.4) is 0 Å². The second-order valence-electron chi connectivity index (χ2n) is 5.93. The first-order chi connectivity index (χ1) is 12.7. The number of ether oxygens (including phenoxy) is 1. The molecular weight excluding hydrogens is 366 g/mol. The Bertz CT molecular complexity index is 909. The van der Waals surface area contributed by atoms with E-state index in [0.29, 0.717) is 10.6 Å². The number of hydrogen-bond donors (Lipinski definition) is 2. The maximum Gasteiger partial charge on any atom is 0.352 e. The Kier molecular flexibility index (Phi) is 6.52. The number of carboxylic acid groups (broad SMARTS) is 1. The number of carbonyl (C=O) groups is 3. The van der Waals surface area contributed by atoms with Crippen LogP contribution < -0.4 is 5.32 Å². The van der Waals surface area contributed by atoms with Crippen molar-refractivity contribution in [1.29, 1.82) is 0 Å². The molecule has 0 spiro atoms. The van der Waals surface area contributed by atoms with Crippen LogP contribution >= 0.6 is 11.3 Å². The quantitative estimate of drug-likeness (QED) is 0.422. The molecule has 6 nitrogen and oxygen atoms in total. The topological polar surface area (TPSA) is 92.7 Å². The van der Waals surface area contributed by atoms with Crippen LogP contribution in [0, 0.1) is 20.8 Å². The van der Waals surface area contributed by atoms with Crippen LogP contribution in [0.25, 0.3) is 0 Å². The molecule has 0 unspecified atom stereocenters. The largest absolute Gasteiger partial charge is 0.477 e. The fourth-order valence-corrected chi connectivity index (χ4v) is 3.43. The van der Waals surface area contributed by atoms with E-state index in [1.807, 2.05) is 13.8 Å². The summed E-state index contributed by atoms with van der Waals surface area (Å²) in [5.74, 6) is -2.27. The Morgan fingerprint density at radius 2 is 1.78 bits per heavy atom. The number of thiophene rings is 1. The second kappa shape index (κ2) is 8.64. The van der Waals surface area contributed by atoms with Gasteiger partial charge in [-0.1, -0.05) is 29.8 Å². The smallest absolute Gasteiger partial charge is 0.352 e. The van der Waals surface area contributed by atoms with E-state index in [1.54, 1.807) is 38.1 Å². The summed E-state index contributed by atoms with van der Waals surface area (Å²) >= 11 is 1.24. The van der Waals surface area contributed by atoms with Gasteiger partial charge in [0.05, 0.1) is 12.2 Å². The lowest BCUT2D eigenvalue weighted by Gasteiger charge is -2.08. The van der Waals surface area contributed by atoms with Crippen molar-refractivity contribution in [1.82, 2.24) is 0 Å². The van der Waals surface area contributed by atoms with E-state index < -0.39 is 17.7 Å². The van der Waals surface area contributed by atoms with Gasteiger partial charge in [0.2, 0.25) is 0 Å². The molecule has 2 rings (SSSR count). The molecule has 0 aliphatic rings. The highest BCUT2D eigenvalue weighted by Gasteiger charge is 2.23. The summed E-state index contributed by atoms with van der Waals surface area (Å²) in [6.45, 7) is 7.40. The zero-order chi connectivity index (χ0) is 20.1. The van der Waals surface area contributed by atoms with Gasteiger partial charge in [0, 0.05) is 16.5 Å². The van der Waals surface area contributed by atoms with Gasteiger partial charge < -0.3 is 15.2 Å². The summed E-state index contributed by atoms with van der Waals surface area (Å²) in [5, 5.41) is 12.5. The van der Waals surface area contributed by atoms with Gasteiger partial charge in [0.25, 0.3) is 0 Å². The Labute approximate surface area is 161 Å². The molecule has 2 N–H and O–H groups in total. The SMILES string of the molecule is CCOC(=O)c1c(NC(=CC(=O)c2ccc(C)cc2)C(=O)O)sc(C)c1C. The molecule has 0 saturated heterocycles. The van der Waals surface area contributed by atoms with Crippen LogP contribution in [0.5, 0.6) is 0 Å². The summed E-state index contributed by atoms with van der Waals surface area (Å²) in [6, 6.07) is 6.83. The third kappa shape index (κ3) is 4.83. The Morgan fingerprint density at radius 1 is 1.15 bits per heavy atom. The third-order valence-corrected chi connectivity index (χ3v) is 5.08. The minimum Gasteiger partial charge on any atom is -0.477 e. The maximum atomic E-state index is 12.4. The van der Waals surface area contributed by atoms with Gasteiger partial charge in [-0.15, -0.1) is 11.3 Å². The van der Waals surface area contributed by atoms with Gasteiger partial charge in [-0.2, -0.15) is 0 Å². The summed E-state index contributed by atoms with van der Waals surface area (Å²) < 4.78 is 5.06. The van der Waals surface area contributed by atoms with Gasteiger partial charge in [-0.25, -0.2) is 9.59 Å². The summed E-state index contributed by atoms with van der Waals surface area (Å²) in [7, 11) is 0. The van der Waals surface area contributed by atoms with Crippen LogP contribution in [-0.2, 0) is 9.53 Å². The van der Waals surface area contributed by atoms with Gasteiger partial charge in [0.15, 0.2) is 5.78 Å². The van der Waals surface area contributed by atoms with Crippen molar-refractivity contribution >= 4 is 34.1 Å². The molecule has 1 aromatic heterocycles. The van der Waals surface area contributed by atoms with Gasteiger partial charge in [-0.3, -0.25) is 4.79 Å². The molecule has 2 aromatic rings. The molecule has 0 atom stereocenters. The second-order valence-corrected chi connectivity index (χ2v) is 7.15. The van der Waals surface area contributed by atoms with Crippen molar-refractivity contribution in [3.63, 3.8) is 0 Å². The van der Waals surface area contributed by atoms with Crippen molar-refractivity contribution in [2.75, 3.05) is 11.9 Å². The minimum atomic E-state index is -1.30. The monoisotopic (exact) mass is 387 g/mol. The molecule has 1 aromatic carbocycles. The number of esters is 1. The number of benzene rings is 1. The molecule has 0 aliphatic carbocycles. The van der Waals surface area contributed by atoms with Crippen LogP contribution in [0.4, 0.5) is 5.00 Å². The lowest BCUT2D eigenvalue weighted by molar-refractivity contribution is -0.132. The van der Waals surface area contributed by atoms with Crippen molar-refractivity contribution in [2.24, 2.45) is 0 Å². The van der Waals surface area contributed by atoms with E-state index in [4.69, 9.17) is 4.74 Å². The molecular formula is C20H21NO5S. The molecule has 1 heterocycles. The fraction of sp³-hybridized carbons (Fsp3) is 0.250. The summed E-state index contributed by atoms with van der Waals surface area (Å²) in [6.07, 6.45) is 1.02. The minimum absolute atomic E-state index is 0.208. The number of nitrogens with one attached hydrogen (secondary N) is 1. The number of allylic oxidation sites excluding steroid dienone is 1. The first-order valence-electron chi connectivity index (χ1n) is 8.34.